The highest BCUT2D eigenvalue weighted by molar-refractivity contribution is 7.13. The lowest BCUT2D eigenvalue weighted by Gasteiger charge is -2.26. The van der Waals surface area contributed by atoms with E-state index in [2.05, 4.69) is 17.3 Å². The van der Waals surface area contributed by atoms with Gasteiger partial charge in [0.15, 0.2) is 0 Å². The number of nitrogens with zero attached hydrogens (tertiary/aromatic N) is 2. The molecule has 0 amide bonds. The molecule has 0 aromatic carbocycles. The van der Waals surface area contributed by atoms with Gasteiger partial charge >= 0.3 is 5.00 Å². The van der Waals surface area contributed by atoms with Crippen LogP contribution in [-0.2, 0) is 6.54 Å². The van der Waals surface area contributed by atoms with Crippen molar-refractivity contribution < 1.29 is 4.92 Å². The molecule has 19 heavy (non-hydrogen) atoms. The van der Waals surface area contributed by atoms with Crippen molar-refractivity contribution in [3.8, 4) is 0 Å². The fourth-order valence-corrected chi connectivity index (χ4v) is 3.12. The molecule has 1 fully saturated rings. The van der Waals surface area contributed by atoms with Crippen LogP contribution in [-0.4, -0.2) is 36.0 Å². The second-order valence-corrected chi connectivity index (χ2v) is 5.69. The van der Waals surface area contributed by atoms with Gasteiger partial charge < -0.3 is 5.32 Å². The first-order valence-electron chi connectivity index (χ1n) is 6.29. The van der Waals surface area contributed by atoms with E-state index in [9.17, 15) is 10.1 Å². The van der Waals surface area contributed by atoms with E-state index in [0.717, 1.165) is 31.6 Å². The van der Waals surface area contributed by atoms with E-state index in [-0.39, 0.29) is 22.3 Å². The molecule has 7 heteroatoms. The van der Waals surface area contributed by atoms with Gasteiger partial charge in [-0.3, -0.25) is 15.0 Å². The quantitative estimate of drug-likeness (QED) is 0.686. The first-order valence-corrected chi connectivity index (χ1v) is 7.17. The lowest BCUT2D eigenvalue weighted by Crippen LogP contribution is -2.31. The fraction of sp³-hybridized carbons (Fsp3) is 0.667. The third-order valence-corrected chi connectivity index (χ3v) is 4.35. The maximum absolute atomic E-state index is 10.6. The molecule has 1 aromatic rings. The number of rotatable bonds is 4. The molecule has 2 heterocycles. The molecular weight excluding hydrogens is 286 g/mol. The summed E-state index contributed by atoms with van der Waals surface area (Å²) in [4.78, 5) is 12.6. The monoisotopic (exact) mass is 305 g/mol. The molecule has 108 valence electrons. The van der Waals surface area contributed by atoms with Gasteiger partial charge in [-0.2, -0.15) is 0 Å². The van der Waals surface area contributed by atoms with E-state index < -0.39 is 0 Å². The Kier molecular flexibility index (Phi) is 6.71. The van der Waals surface area contributed by atoms with Crippen LogP contribution in [0.1, 0.15) is 24.8 Å². The van der Waals surface area contributed by atoms with Gasteiger partial charge in [-0.05, 0) is 45.0 Å². The summed E-state index contributed by atoms with van der Waals surface area (Å²) in [5.74, 6) is 0. The number of hydrogen-bond donors (Lipinski definition) is 1. The standard InChI is InChI=1S/C12H19N3O2S.ClH/c1-14(11-3-2-5-13-6-4-11)8-10-7-12(15(16)17)18-9-10;/h7,9,11,13H,2-6,8H2,1H3;1H. The van der Waals surface area contributed by atoms with E-state index in [1.807, 2.05) is 5.38 Å². The molecule has 0 saturated carbocycles. The lowest BCUT2D eigenvalue weighted by atomic mass is 10.1. The lowest BCUT2D eigenvalue weighted by molar-refractivity contribution is -0.380. The highest BCUT2D eigenvalue weighted by atomic mass is 35.5. The molecule has 1 unspecified atom stereocenters. The summed E-state index contributed by atoms with van der Waals surface area (Å²) in [7, 11) is 2.11. The Labute approximate surface area is 123 Å². The Bertz CT molecular complexity index is 405. The average Bonchev–Trinajstić information content (AvgIpc) is 2.64. The van der Waals surface area contributed by atoms with Crippen molar-refractivity contribution >= 4 is 28.7 Å². The van der Waals surface area contributed by atoms with Gasteiger partial charge in [-0.1, -0.05) is 11.3 Å². The summed E-state index contributed by atoms with van der Waals surface area (Å²) < 4.78 is 0. The van der Waals surface area contributed by atoms with E-state index in [1.54, 1.807) is 6.07 Å². The summed E-state index contributed by atoms with van der Waals surface area (Å²) in [6, 6.07) is 2.27. The van der Waals surface area contributed by atoms with Crippen LogP contribution >= 0.6 is 23.7 Å². The van der Waals surface area contributed by atoms with Gasteiger partial charge in [0.1, 0.15) is 0 Å². The minimum Gasteiger partial charge on any atom is -0.317 e. The molecule has 5 nitrogen and oxygen atoms in total. The van der Waals surface area contributed by atoms with Crippen molar-refractivity contribution in [3.05, 3.63) is 27.1 Å². The molecular formula is C12H20ClN3O2S. The molecule has 1 saturated heterocycles. The zero-order valence-corrected chi connectivity index (χ0v) is 12.6. The number of thiophene rings is 1. The Balaban J connectivity index is 0.00000180. The van der Waals surface area contributed by atoms with Crippen molar-refractivity contribution in [3.63, 3.8) is 0 Å². The van der Waals surface area contributed by atoms with Gasteiger partial charge in [0.05, 0.1) is 4.92 Å². The zero-order valence-electron chi connectivity index (χ0n) is 11.0. The van der Waals surface area contributed by atoms with Crippen molar-refractivity contribution in [2.24, 2.45) is 0 Å². The number of halogens is 1. The summed E-state index contributed by atoms with van der Waals surface area (Å²) in [5.41, 5.74) is 1.05. The molecule has 1 aliphatic rings. The summed E-state index contributed by atoms with van der Waals surface area (Å²) >= 11 is 1.21. The number of nitrogens with one attached hydrogen (secondary N) is 1. The van der Waals surface area contributed by atoms with Crippen LogP contribution in [0.3, 0.4) is 0 Å². The van der Waals surface area contributed by atoms with E-state index in [1.165, 1.54) is 24.2 Å². The largest absolute Gasteiger partial charge is 0.324 e. The van der Waals surface area contributed by atoms with Gasteiger partial charge in [-0.15, -0.1) is 12.4 Å². The average molecular weight is 306 g/mol. The van der Waals surface area contributed by atoms with E-state index >= 15 is 0 Å². The Morgan fingerprint density at radius 2 is 2.32 bits per heavy atom. The SMILES string of the molecule is CN(Cc1csc([N+](=O)[O-])c1)C1CCCNCC1.Cl. The first kappa shape index (κ1) is 16.4. The molecule has 0 bridgehead atoms. The first-order chi connectivity index (χ1) is 8.66. The number of hydrogen-bond acceptors (Lipinski definition) is 5. The van der Waals surface area contributed by atoms with Crippen LogP contribution in [0.15, 0.2) is 11.4 Å². The van der Waals surface area contributed by atoms with Gasteiger partial charge in [0.2, 0.25) is 0 Å². The molecule has 0 radical (unpaired) electrons. The summed E-state index contributed by atoms with van der Waals surface area (Å²) in [5, 5.41) is 16.2. The fourth-order valence-electron chi connectivity index (χ4n) is 2.40. The van der Waals surface area contributed by atoms with Crippen LogP contribution in [0.2, 0.25) is 0 Å². The smallest absolute Gasteiger partial charge is 0.317 e. The predicted octanol–water partition coefficient (Wildman–Crippen LogP) is 2.65. The van der Waals surface area contributed by atoms with Crippen LogP contribution in [0.4, 0.5) is 5.00 Å². The van der Waals surface area contributed by atoms with Crippen LogP contribution in [0, 0.1) is 10.1 Å². The predicted molar refractivity (Wildman–Crippen MR) is 80.2 cm³/mol. The van der Waals surface area contributed by atoms with Gasteiger partial charge in [0.25, 0.3) is 0 Å². The van der Waals surface area contributed by atoms with E-state index in [4.69, 9.17) is 0 Å². The van der Waals surface area contributed by atoms with Crippen LogP contribution in [0.5, 0.6) is 0 Å². The summed E-state index contributed by atoms with van der Waals surface area (Å²) in [6.07, 6.45) is 3.57. The minimum atomic E-state index is -0.316. The Morgan fingerprint density at radius 3 is 3.00 bits per heavy atom. The topological polar surface area (TPSA) is 58.4 Å². The third-order valence-electron chi connectivity index (χ3n) is 3.42. The molecule has 1 N–H and O–H groups in total. The van der Waals surface area contributed by atoms with E-state index in [0.29, 0.717) is 6.04 Å². The highest BCUT2D eigenvalue weighted by Crippen LogP contribution is 2.24. The molecule has 1 aromatic heterocycles. The van der Waals surface area contributed by atoms with Crippen LogP contribution < -0.4 is 5.32 Å². The van der Waals surface area contributed by atoms with Gasteiger partial charge in [0, 0.05) is 24.0 Å². The Hall–Kier alpha value is -0.690. The summed E-state index contributed by atoms with van der Waals surface area (Å²) in [6.45, 7) is 2.97. The molecule has 1 atom stereocenters. The molecule has 1 aliphatic heterocycles. The Morgan fingerprint density at radius 1 is 1.53 bits per heavy atom. The third kappa shape index (κ3) is 4.72. The molecule has 0 aliphatic carbocycles. The zero-order chi connectivity index (χ0) is 13.0. The maximum atomic E-state index is 10.6. The highest BCUT2D eigenvalue weighted by Gasteiger charge is 2.18. The molecule has 2 rings (SSSR count). The van der Waals surface area contributed by atoms with Crippen molar-refractivity contribution in [1.29, 1.82) is 0 Å². The number of nitro groups is 1. The van der Waals surface area contributed by atoms with Crippen molar-refractivity contribution in [1.82, 2.24) is 10.2 Å². The van der Waals surface area contributed by atoms with Crippen LogP contribution in [0.25, 0.3) is 0 Å². The maximum Gasteiger partial charge on any atom is 0.324 e. The molecule has 0 spiro atoms. The van der Waals surface area contributed by atoms with Crippen molar-refractivity contribution in [2.45, 2.75) is 31.8 Å². The van der Waals surface area contributed by atoms with Gasteiger partial charge in [-0.25, -0.2) is 0 Å². The van der Waals surface area contributed by atoms with Crippen molar-refractivity contribution in [2.75, 3.05) is 20.1 Å². The normalized spacial score (nSPS) is 19.8. The minimum absolute atomic E-state index is 0. The second kappa shape index (κ2) is 7.79. The second-order valence-electron chi connectivity index (χ2n) is 4.80.